The van der Waals surface area contributed by atoms with Crippen LogP contribution in [0.15, 0.2) is 24.3 Å². The Kier molecular flexibility index (Phi) is 3.26. The molecule has 0 aliphatic carbocycles. The van der Waals surface area contributed by atoms with Gasteiger partial charge in [0, 0.05) is 13.1 Å². The Morgan fingerprint density at radius 1 is 1.25 bits per heavy atom. The lowest BCUT2D eigenvalue weighted by Gasteiger charge is -2.33. The maximum absolute atomic E-state index is 9.21. The normalized spacial score (nSPS) is 17.9. The van der Waals surface area contributed by atoms with Crippen LogP contribution < -0.4 is 0 Å². The van der Waals surface area contributed by atoms with E-state index in [-0.39, 0.29) is 6.04 Å². The number of fused-ring (bicyclic) bond motifs is 1. The molecule has 1 aliphatic heterocycles. The lowest BCUT2D eigenvalue weighted by molar-refractivity contribution is 0.178. The summed E-state index contributed by atoms with van der Waals surface area (Å²) >= 11 is 0. The molecule has 0 saturated carbocycles. The minimum atomic E-state index is 0.0494. The van der Waals surface area contributed by atoms with E-state index in [4.69, 9.17) is 0 Å². The van der Waals surface area contributed by atoms with Crippen LogP contribution in [-0.4, -0.2) is 17.5 Å². The van der Waals surface area contributed by atoms with Crippen LogP contribution >= 0.6 is 0 Å². The molecule has 2 nitrogen and oxygen atoms in total. The molecule has 1 aliphatic rings. The minimum absolute atomic E-state index is 0.0494. The molecule has 0 saturated heterocycles. The quantitative estimate of drug-likeness (QED) is 0.756. The molecular formula is C14H18N2. The second-order valence-corrected chi connectivity index (χ2v) is 4.81. The number of nitrogens with zero attached hydrogens (tertiary/aromatic N) is 2. The number of hydrogen-bond donors (Lipinski definition) is 0. The summed E-state index contributed by atoms with van der Waals surface area (Å²) in [5.74, 6) is 0.398. The van der Waals surface area contributed by atoms with Crippen LogP contribution in [0.25, 0.3) is 0 Å². The van der Waals surface area contributed by atoms with Gasteiger partial charge in [0.1, 0.15) is 6.04 Å². The van der Waals surface area contributed by atoms with E-state index in [1.807, 2.05) is 0 Å². The van der Waals surface area contributed by atoms with Crippen molar-refractivity contribution in [3.05, 3.63) is 35.4 Å². The molecule has 2 rings (SSSR count). The predicted molar refractivity (Wildman–Crippen MR) is 64.8 cm³/mol. The highest BCUT2D eigenvalue weighted by Gasteiger charge is 2.25. The van der Waals surface area contributed by atoms with E-state index in [1.54, 1.807) is 0 Å². The fourth-order valence-corrected chi connectivity index (χ4v) is 2.41. The zero-order valence-corrected chi connectivity index (χ0v) is 9.98. The first kappa shape index (κ1) is 11.2. The van der Waals surface area contributed by atoms with Crippen molar-refractivity contribution < 1.29 is 0 Å². The zero-order valence-electron chi connectivity index (χ0n) is 9.98. The van der Waals surface area contributed by atoms with Gasteiger partial charge in [0.15, 0.2) is 0 Å². The molecule has 0 amide bonds. The van der Waals surface area contributed by atoms with Gasteiger partial charge in [-0.3, -0.25) is 4.90 Å². The van der Waals surface area contributed by atoms with E-state index in [2.05, 4.69) is 49.1 Å². The van der Waals surface area contributed by atoms with Crippen LogP contribution in [0, 0.1) is 17.2 Å². The van der Waals surface area contributed by atoms with Crippen molar-refractivity contribution >= 4 is 0 Å². The van der Waals surface area contributed by atoms with Gasteiger partial charge in [0.2, 0.25) is 0 Å². The molecule has 2 heteroatoms. The standard InChI is InChI=1S/C14H18N2/c1-11(2)14(9-15)16-8-7-12-5-3-4-6-13(12)10-16/h3-6,11,14H,7-8,10H2,1-2H3. The fraction of sp³-hybridized carbons (Fsp3) is 0.500. The molecule has 1 aromatic rings. The van der Waals surface area contributed by atoms with E-state index in [0.717, 1.165) is 19.5 Å². The highest BCUT2D eigenvalue weighted by atomic mass is 15.2. The minimum Gasteiger partial charge on any atom is -0.283 e. The van der Waals surface area contributed by atoms with Crippen molar-refractivity contribution in [1.82, 2.24) is 4.90 Å². The predicted octanol–water partition coefficient (Wildman–Crippen LogP) is 2.59. The maximum Gasteiger partial charge on any atom is 0.100 e. The van der Waals surface area contributed by atoms with Crippen LogP contribution in [0.1, 0.15) is 25.0 Å². The summed E-state index contributed by atoms with van der Waals surface area (Å²) in [6.45, 7) is 6.17. The van der Waals surface area contributed by atoms with Crippen LogP contribution in [0.4, 0.5) is 0 Å². The smallest absolute Gasteiger partial charge is 0.100 e. The van der Waals surface area contributed by atoms with Crippen molar-refractivity contribution in [1.29, 1.82) is 5.26 Å². The Labute approximate surface area is 97.5 Å². The summed E-state index contributed by atoms with van der Waals surface area (Å²) in [6.07, 6.45) is 1.07. The Morgan fingerprint density at radius 2 is 1.94 bits per heavy atom. The van der Waals surface area contributed by atoms with Crippen molar-refractivity contribution in [2.75, 3.05) is 6.54 Å². The summed E-state index contributed by atoms with van der Waals surface area (Å²) in [5, 5.41) is 9.21. The highest BCUT2D eigenvalue weighted by molar-refractivity contribution is 5.29. The first-order chi connectivity index (χ1) is 7.72. The number of nitriles is 1. The lowest BCUT2D eigenvalue weighted by atomic mass is 9.96. The molecule has 0 radical (unpaired) electrons. The first-order valence-corrected chi connectivity index (χ1v) is 5.93. The third-order valence-electron chi connectivity index (χ3n) is 3.32. The lowest BCUT2D eigenvalue weighted by Crippen LogP contribution is -2.41. The second kappa shape index (κ2) is 4.67. The number of benzene rings is 1. The monoisotopic (exact) mass is 214 g/mol. The molecule has 0 bridgehead atoms. The Morgan fingerprint density at radius 3 is 2.56 bits per heavy atom. The van der Waals surface area contributed by atoms with Gasteiger partial charge in [-0.1, -0.05) is 38.1 Å². The molecule has 1 aromatic carbocycles. The van der Waals surface area contributed by atoms with Crippen molar-refractivity contribution in [3.8, 4) is 6.07 Å². The summed E-state index contributed by atoms with van der Waals surface area (Å²) < 4.78 is 0. The molecule has 0 N–H and O–H groups in total. The van der Waals surface area contributed by atoms with Crippen LogP contribution in [0.2, 0.25) is 0 Å². The van der Waals surface area contributed by atoms with E-state index < -0.39 is 0 Å². The van der Waals surface area contributed by atoms with Gasteiger partial charge >= 0.3 is 0 Å². The second-order valence-electron chi connectivity index (χ2n) is 4.81. The number of rotatable bonds is 2. The zero-order chi connectivity index (χ0) is 11.5. The molecular weight excluding hydrogens is 196 g/mol. The molecule has 84 valence electrons. The first-order valence-electron chi connectivity index (χ1n) is 5.93. The summed E-state index contributed by atoms with van der Waals surface area (Å²) in [7, 11) is 0. The van der Waals surface area contributed by atoms with Crippen molar-refractivity contribution in [3.63, 3.8) is 0 Å². The van der Waals surface area contributed by atoms with Gasteiger partial charge in [-0.2, -0.15) is 5.26 Å². The molecule has 1 atom stereocenters. The van der Waals surface area contributed by atoms with E-state index >= 15 is 0 Å². The largest absolute Gasteiger partial charge is 0.283 e. The number of hydrogen-bond acceptors (Lipinski definition) is 2. The van der Waals surface area contributed by atoms with Gasteiger partial charge in [-0.25, -0.2) is 0 Å². The molecule has 0 aromatic heterocycles. The Hall–Kier alpha value is -1.33. The third-order valence-corrected chi connectivity index (χ3v) is 3.32. The van der Waals surface area contributed by atoms with Gasteiger partial charge in [0.05, 0.1) is 6.07 Å². The Balaban J connectivity index is 2.16. The third kappa shape index (κ3) is 2.10. The average molecular weight is 214 g/mol. The summed E-state index contributed by atoms with van der Waals surface area (Å²) in [5.41, 5.74) is 2.83. The van der Waals surface area contributed by atoms with Crippen LogP contribution in [-0.2, 0) is 13.0 Å². The molecule has 16 heavy (non-hydrogen) atoms. The molecule has 0 fully saturated rings. The fourth-order valence-electron chi connectivity index (χ4n) is 2.41. The van der Waals surface area contributed by atoms with Gasteiger partial charge in [-0.05, 0) is 23.5 Å². The summed E-state index contributed by atoms with van der Waals surface area (Å²) in [6, 6.07) is 11.0. The highest BCUT2D eigenvalue weighted by Crippen LogP contribution is 2.22. The Bertz CT molecular complexity index is 403. The molecule has 1 unspecified atom stereocenters. The van der Waals surface area contributed by atoms with Crippen LogP contribution in [0.5, 0.6) is 0 Å². The van der Waals surface area contributed by atoms with Crippen molar-refractivity contribution in [2.45, 2.75) is 32.9 Å². The van der Waals surface area contributed by atoms with Gasteiger partial charge in [0.25, 0.3) is 0 Å². The molecule has 0 spiro atoms. The van der Waals surface area contributed by atoms with Gasteiger partial charge in [-0.15, -0.1) is 0 Å². The van der Waals surface area contributed by atoms with Crippen molar-refractivity contribution in [2.24, 2.45) is 5.92 Å². The summed E-state index contributed by atoms with van der Waals surface area (Å²) in [4.78, 5) is 2.30. The van der Waals surface area contributed by atoms with E-state index in [9.17, 15) is 5.26 Å². The average Bonchev–Trinajstić information content (AvgIpc) is 2.29. The van der Waals surface area contributed by atoms with Gasteiger partial charge < -0.3 is 0 Å². The SMILES string of the molecule is CC(C)C(C#N)N1CCc2ccccc2C1. The topological polar surface area (TPSA) is 27.0 Å². The van der Waals surface area contributed by atoms with E-state index in [1.165, 1.54) is 11.1 Å². The maximum atomic E-state index is 9.21. The molecule has 1 heterocycles. The van der Waals surface area contributed by atoms with E-state index in [0.29, 0.717) is 5.92 Å². The van der Waals surface area contributed by atoms with Crippen LogP contribution in [0.3, 0.4) is 0 Å².